The van der Waals surface area contributed by atoms with Crippen LogP contribution in [0, 0.1) is 0 Å². The first kappa shape index (κ1) is 9.46. The Labute approximate surface area is 96.1 Å². The maximum Gasteiger partial charge on any atom is 0.0638 e. The lowest BCUT2D eigenvalue weighted by molar-refractivity contribution is 0.569. The highest BCUT2D eigenvalue weighted by Crippen LogP contribution is 2.38. The number of benzene rings is 2. The monoisotopic (exact) mass is 209 g/mol. The van der Waals surface area contributed by atoms with E-state index in [4.69, 9.17) is 0 Å². The van der Waals surface area contributed by atoms with Crippen molar-refractivity contribution in [2.45, 2.75) is 18.9 Å². The molecule has 1 heterocycles. The van der Waals surface area contributed by atoms with Crippen molar-refractivity contribution in [2.75, 3.05) is 5.32 Å². The van der Waals surface area contributed by atoms with Gasteiger partial charge in [0, 0.05) is 12.1 Å². The highest BCUT2D eigenvalue weighted by Gasteiger charge is 2.33. The predicted octanol–water partition coefficient (Wildman–Crippen LogP) is 3.57. The standard InChI is InChI=1S/C15H15N/c1-15(13-8-3-2-4-9-13)11-12-7-5-6-10-14(12)16-15/h2-10,16H,11H2,1H3. The molecular weight excluding hydrogens is 194 g/mol. The molecular formula is C15H15N. The topological polar surface area (TPSA) is 12.0 Å². The summed E-state index contributed by atoms with van der Waals surface area (Å²) in [5.41, 5.74) is 4.08. The van der Waals surface area contributed by atoms with Crippen LogP contribution in [-0.4, -0.2) is 0 Å². The highest BCUT2D eigenvalue weighted by atomic mass is 15.0. The molecule has 0 bridgehead atoms. The van der Waals surface area contributed by atoms with Gasteiger partial charge in [0.05, 0.1) is 5.54 Å². The lowest BCUT2D eigenvalue weighted by atomic mass is 9.89. The van der Waals surface area contributed by atoms with Crippen molar-refractivity contribution >= 4 is 5.69 Å². The number of hydrogen-bond donors (Lipinski definition) is 1. The van der Waals surface area contributed by atoms with Gasteiger partial charge >= 0.3 is 0 Å². The van der Waals surface area contributed by atoms with Crippen LogP contribution in [0.2, 0.25) is 0 Å². The zero-order chi connectivity index (χ0) is 11.0. The van der Waals surface area contributed by atoms with Crippen molar-refractivity contribution < 1.29 is 0 Å². The van der Waals surface area contributed by atoms with Crippen LogP contribution in [0.4, 0.5) is 5.69 Å². The number of anilines is 1. The second-order valence-electron chi connectivity index (χ2n) is 4.66. The Morgan fingerprint density at radius 3 is 2.38 bits per heavy atom. The summed E-state index contributed by atoms with van der Waals surface area (Å²) in [5, 5.41) is 3.63. The summed E-state index contributed by atoms with van der Waals surface area (Å²) in [6.45, 7) is 2.27. The molecule has 2 aromatic carbocycles. The molecule has 1 atom stereocenters. The van der Waals surface area contributed by atoms with E-state index in [-0.39, 0.29) is 5.54 Å². The minimum absolute atomic E-state index is 0.0466. The van der Waals surface area contributed by atoms with Gasteiger partial charge in [-0.3, -0.25) is 0 Å². The molecule has 0 spiro atoms. The van der Waals surface area contributed by atoms with E-state index in [1.807, 2.05) is 0 Å². The Bertz CT molecular complexity index is 477. The molecule has 0 aliphatic carbocycles. The van der Waals surface area contributed by atoms with Crippen molar-refractivity contribution in [1.82, 2.24) is 0 Å². The van der Waals surface area contributed by atoms with Gasteiger partial charge in [-0.25, -0.2) is 0 Å². The fraction of sp³-hybridized carbons (Fsp3) is 0.200. The van der Waals surface area contributed by atoms with E-state index < -0.39 is 0 Å². The van der Waals surface area contributed by atoms with Gasteiger partial charge in [-0.15, -0.1) is 0 Å². The third kappa shape index (κ3) is 1.40. The minimum Gasteiger partial charge on any atom is -0.375 e. The maximum absolute atomic E-state index is 3.63. The van der Waals surface area contributed by atoms with Crippen molar-refractivity contribution in [3.63, 3.8) is 0 Å². The zero-order valence-electron chi connectivity index (χ0n) is 9.40. The molecule has 1 aliphatic heterocycles. The van der Waals surface area contributed by atoms with Crippen LogP contribution in [-0.2, 0) is 12.0 Å². The Morgan fingerprint density at radius 1 is 0.938 bits per heavy atom. The number of hydrogen-bond acceptors (Lipinski definition) is 1. The van der Waals surface area contributed by atoms with Gasteiger partial charge < -0.3 is 5.32 Å². The molecule has 80 valence electrons. The lowest BCUT2D eigenvalue weighted by Gasteiger charge is -2.25. The van der Waals surface area contributed by atoms with Gasteiger partial charge in [0.2, 0.25) is 0 Å². The van der Waals surface area contributed by atoms with Crippen LogP contribution in [0.3, 0.4) is 0 Å². The van der Waals surface area contributed by atoms with Gasteiger partial charge in [-0.1, -0.05) is 48.5 Å². The van der Waals surface area contributed by atoms with Gasteiger partial charge in [-0.05, 0) is 24.1 Å². The second kappa shape index (κ2) is 3.38. The molecule has 0 saturated carbocycles. The maximum atomic E-state index is 3.63. The quantitative estimate of drug-likeness (QED) is 0.757. The van der Waals surface area contributed by atoms with E-state index in [1.165, 1.54) is 16.8 Å². The lowest BCUT2D eigenvalue weighted by Crippen LogP contribution is -2.28. The number of nitrogens with one attached hydrogen (secondary N) is 1. The third-order valence-electron chi connectivity index (χ3n) is 3.38. The van der Waals surface area contributed by atoms with E-state index in [0.717, 1.165) is 6.42 Å². The Hall–Kier alpha value is -1.76. The van der Waals surface area contributed by atoms with Crippen molar-refractivity contribution in [3.05, 3.63) is 65.7 Å². The first-order chi connectivity index (χ1) is 7.78. The molecule has 1 N–H and O–H groups in total. The summed E-state index contributed by atoms with van der Waals surface area (Å²) in [5.74, 6) is 0. The molecule has 0 saturated heterocycles. The minimum atomic E-state index is 0.0466. The van der Waals surface area contributed by atoms with Crippen molar-refractivity contribution in [2.24, 2.45) is 0 Å². The summed E-state index contributed by atoms with van der Waals surface area (Å²) >= 11 is 0. The van der Waals surface area contributed by atoms with Crippen LogP contribution < -0.4 is 5.32 Å². The van der Waals surface area contributed by atoms with Crippen LogP contribution in [0.15, 0.2) is 54.6 Å². The molecule has 3 rings (SSSR count). The van der Waals surface area contributed by atoms with E-state index >= 15 is 0 Å². The van der Waals surface area contributed by atoms with Crippen LogP contribution in [0.1, 0.15) is 18.1 Å². The Kier molecular flexibility index (Phi) is 2.00. The summed E-state index contributed by atoms with van der Waals surface area (Å²) in [6.07, 6.45) is 1.06. The Balaban J connectivity index is 2.01. The van der Waals surface area contributed by atoms with E-state index in [1.54, 1.807) is 0 Å². The van der Waals surface area contributed by atoms with E-state index in [2.05, 4.69) is 66.8 Å². The van der Waals surface area contributed by atoms with Crippen LogP contribution in [0.25, 0.3) is 0 Å². The fourth-order valence-electron chi connectivity index (χ4n) is 2.50. The van der Waals surface area contributed by atoms with Crippen molar-refractivity contribution in [3.8, 4) is 0 Å². The predicted molar refractivity (Wildman–Crippen MR) is 67.6 cm³/mol. The van der Waals surface area contributed by atoms with E-state index in [0.29, 0.717) is 0 Å². The summed E-state index contributed by atoms with van der Waals surface area (Å²) in [6, 6.07) is 19.2. The number of rotatable bonds is 1. The SMILES string of the molecule is CC1(c2ccccc2)Cc2ccccc2N1. The third-order valence-corrected chi connectivity index (χ3v) is 3.38. The van der Waals surface area contributed by atoms with Gasteiger partial charge in [0.25, 0.3) is 0 Å². The van der Waals surface area contributed by atoms with Crippen LogP contribution in [0.5, 0.6) is 0 Å². The Morgan fingerprint density at radius 2 is 1.62 bits per heavy atom. The second-order valence-corrected chi connectivity index (χ2v) is 4.66. The molecule has 2 aromatic rings. The van der Waals surface area contributed by atoms with Crippen LogP contribution >= 0.6 is 0 Å². The average molecular weight is 209 g/mol. The summed E-state index contributed by atoms with van der Waals surface area (Å²) in [7, 11) is 0. The highest BCUT2D eigenvalue weighted by molar-refractivity contribution is 5.60. The molecule has 0 aromatic heterocycles. The molecule has 0 amide bonds. The summed E-state index contributed by atoms with van der Waals surface area (Å²) < 4.78 is 0. The summed E-state index contributed by atoms with van der Waals surface area (Å²) in [4.78, 5) is 0. The molecule has 16 heavy (non-hydrogen) atoms. The molecule has 0 fully saturated rings. The average Bonchev–Trinajstić information content (AvgIpc) is 2.68. The largest absolute Gasteiger partial charge is 0.375 e. The number of fused-ring (bicyclic) bond motifs is 1. The fourth-order valence-corrected chi connectivity index (χ4v) is 2.50. The first-order valence-corrected chi connectivity index (χ1v) is 5.70. The van der Waals surface area contributed by atoms with Gasteiger partial charge in [-0.2, -0.15) is 0 Å². The normalized spacial score (nSPS) is 22.6. The first-order valence-electron chi connectivity index (χ1n) is 5.70. The molecule has 0 radical (unpaired) electrons. The van der Waals surface area contributed by atoms with Gasteiger partial charge in [0.15, 0.2) is 0 Å². The zero-order valence-corrected chi connectivity index (χ0v) is 9.40. The van der Waals surface area contributed by atoms with Gasteiger partial charge in [0.1, 0.15) is 0 Å². The molecule has 1 heteroatoms. The smallest absolute Gasteiger partial charge is 0.0638 e. The molecule has 1 unspecified atom stereocenters. The molecule has 1 aliphatic rings. The number of para-hydroxylation sites is 1. The van der Waals surface area contributed by atoms with Crippen molar-refractivity contribution in [1.29, 1.82) is 0 Å². The molecule has 1 nitrogen and oxygen atoms in total. The van der Waals surface area contributed by atoms with E-state index in [9.17, 15) is 0 Å².